The number of H-pyrrole nitrogens is 1. The molecule has 0 unspecified atom stereocenters. The summed E-state index contributed by atoms with van der Waals surface area (Å²) in [4.78, 5) is 11.6. The molecule has 0 bridgehead atoms. The SMILES string of the molecule is Nc1ccc2[nH]c(C3CCC(C(F)(F)F)CC3)nc2n1. The van der Waals surface area contributed by atoms with Crippen LogP contribution in [0.25, 0.3) is 11.2 Å². The normalized spacial score (nSPS) is 24.1. The van der Waals surface area contributed by atoms with Gasteiger partial charge in [0.2, 0.25) is 0 Å². The number of hydrogen-bond acceptors (Lipinski definition) is 3. The van der Waals surface area contributed by atoms with Crippen molar-refractivity contribution in [3.05, 3.63) is 18.0 Å². The second-order valence-corrected chi connectivity index (χ2v) is 5.32. The number of aromatic amines is 1. The number of nitrogens with two attached hydrogens (primary N) is 1. The number of aromatic nitrogens is 3. The van der Waals surface area contributed by atoms with Crippen molar-refractivity contribution in [2.75, 3.05) is 5.73 Å². The summed E-state index contributed by atoms with van der Waals surface area (Å²) in [6, 6.07) is 3.46. The van der Waals surface area contributed by atoms with Crippen LogP contribution in [0, 0.1) is 5.92 Å². The van der Waals surface area contributed by atoms with E-state index < -0.39 is 12.1 Å². The van der Waals surface area contributed by atoms with Crippen molar-refractivity contribution in [1.29, 1.82) is 0 Å². The third-order valence-corrected chi connectivity index (χ3v) is 3.96. The van der Waals surface area contributed by atoms with Gasteiger partial charge in [-0.2, -0.15) is 13.2 Å². The van der Waals surface area contributed by atoms with Crippen molar-refractivity contribution in [3.8, 4) is 0 Å². The van der Waals surface area contributed by atoms with Crippen LogP contribution in [0.1, 0.15) is 37.4 Å². The zero-order chi connectivity index (χ0) is 14.3. The standard InChI is InChI=1S/C13H15F3N4/c14-13(15,16)8-3-1-7(2-4-8)11-18-9-5-6-10(17)19-12(9)20-11/h5-8H,1-4H2,(H3,17,18,19,20). The van der Waals surface area contributed by atoms with Crippen LogP contribution < -0.4 is 5.73 Å². The Balaban J connectivity index is 1.76. The van der Waals surface area contributed by atoms with E-state index in [-0.39, 0.29) is 18.8 Å². The zero-order valence-electron chi connectivity index (χ0n) is 10.7. The van der Waals surface area contributed by atoms with E-state index >= 15 is 0 Å². The highest BCUT2D eigenvalue weighted by Crippen LogP contribution is 2.42. The first-order valence-electron chi connectivity index (χ1n) is 6.62. The van der Waals surface area contributed by atoms with Gasteiger partial charge in [-0.05, 0) is 37.8 Å². The molecule has 0 aliphatic heterocycles. The van der Waals surface area contributed by atoms with Crippen molar-refractivity contribution in [2.45, 2.75) is 37.8 Å². The molecule has 1 fully saturated rings. The van der Waals surface area contributed by atoms with E-state index in [0.717, 1.165) is 11.3 Å². The Labute approximate surface area is 113 Å². The molecule has 0 saturated heterocycles. The van der Waals surface area contributed by atoms with Gasteiger partial charge in [0.15, 0.2) is 5.65 Å². The molecule has 20 heavy (non-hydrogen) atoms. The fraction of sp³-hybridized carbons (Fsp3) is 0.538. The number of halogens is 3. The Morgan fingerprint density at radius 3 is 2.45 bits per heavy atom. The van der Waals surface area contributed by atoms with E-state index in [4.69, 9.17) is 5.73 Å². The molecule has 108 valence electrons. The fourth-order valence-electron chi connectivity index (χ4n) is 2.81. The van der Waals surface area contributed by atoms with Gasteiger partial charge in [-0.15, -0.1) is 0 Å². The Bertz CT molecular complexity index is 612. The number of fused-ring (bicyclic) bond motifs is 1. The summed E-state index contributed by atoms with van der Waals surface area (Å²) in [5, 5.41) is 0. The van der Waals surface area contributed by atoms with Crippen LogP contribution >= 0.6 is 0 Å². The number of nitrogens with zero attached hydrogens (tertiary/aromatic N) is 2. The number of alkyl halides is 3. The molecule has 1 saturated carbocycles. The average Bonchev–Trinajstić information content (AvgIpc) is 2.80. The molecule has 2 aromatic rings. The second kappa shape index (κ2) is 4.64. The summed E-state index contributed by atoms with van der Waals surface area (Å²) >= 11 is 0. The molecule has 1 aliphatic carbocycles. The van der Waals surface area contributed by atoms with Gasteiger partial charge in [0, 0.05) is 5.92 Å². The lowest BCUT2D eigenvalue weighted by molar-refractivity contribution is -0.182. The quantitative estimate of drug-likeness (QED) is 0.843. The molecule has 0 aromatic carbocycles. The van der Waals surface area contributed by atoms with Gasteiger partial charge in [0.25, 0.3) is 0 Å². The Morgan fingerprint density at radius 1 is 1.10 bits per heavy atom. The highest BCUT2D eigenvalue weighted by atomic mass is 19.4. The largest absolute Gasteiger partial charge is 0.391 e. The molecule has 3 N–H and O–H groups in total. The van der Waals surface area contributed by atoms with E-state index in [1.165, 1.54) is 0 Å². The van der Waals surface area contributed by atoms with Crippen LogP contribution in [0.4, 0.5) is 19.0 Å². The minimum absolute atomic E-state index is 0.0454. The van der Waals surface area contributed by atoms with Crippen LogP contribution in [0.15, 0.2) is 12.1 Å². The van der Waals surface area contributed by atoms with Gasteiger partial charge in [-0.1, -0.05) is 0 Å². The molecular formula is C13H15F3N4. The molecule has 2 aromatic heterocycles. The summed E-state index contributed by atoms with van der Waals surface area (Å²) < 4.78 is 37.9. The smallest absolute Gasteiger partial charge is 0.384 e. The first-order valence-corrected chi connectivity index (χ1v) is 6.62. The number of rotatable bonds is 1. The van der Waals surface area contributed by atoms with Crippen molar-refractivity contribution >= 4 is 17.0 Å². The number of imidazole rings is 1. The molecular weight excluding hydrogens is 269 g/mol. The summed E-state index contributed by atoms with van der Waals surface area (Å²) in [6.45, 7) is 0. The lowest BCUT2D eigenvalue weighted by Gasteiger charge is -2.28. The summed E-state index contributed by atoms with van der Waals surface area (Å²) in [5.41, 5.74) is 6.88. The molecule has 0 radical (unpaired) electrons. The topological polar surface area (TPSA) is 67.6 Å². The maximum atomic E-state index is 12.6. The molecule has 7 heteroatoms. The van der Waals surface area contributed by atoms with Gasteiger partial charge in [0.05, 0.1) is 11.4 Å². The molecule has 0 spiro atoms. The fourth-order valence-corrected chi connectivity index (χ4v) is 2.81. The van der Waals surface area contributed by atoms with Crippen LogP contribution in [0.2, 0.25) is 0 Å². The Kier molecular flexibility index (Phi) is 3.07. The highest BCUT2D eigenvalue weighted by Gasteiger charge is 2.41. The third-order valence-electron chi connectivity index (χ3n) is 3.96. The van der Waals surface area contributed by atoms with Crippen molar-refractivity contribution < 1.29 is 13.2 Å². The lowest BCUT2D eigenvalue weighted by atomic mass is 9.81. The Morgan fingerprint density at radius 2 is 1.80 bits per heavy atom. The second-order valence-electron chi connectivity index (χ2n) is 5.32. The predicted molar refractivity (Wildman–Crippen MR) is 69.1 cm³/mol. The maximum Gasteiger partial charge on any atom is 0.391 e. The molecule has 1 aliphatic rings. The van der Waals surface area contributed by atoms with E-state index in [0.29, 0.717) is 24.3 Å². The predicted octanol–water partition coefficient (Wildman–Crippen LogP) is 3.38. The number of pyridine rings is 1. The average molecular weight is 284 g/mol. The number of nitrogens with one attached hydrogen (secondary N) is 1. The number of nitrogen functional groups attached to an aromatic ring is 1. The first-order chi connectivity index (χ1) is 9.43. The highest BCUT2D eigenvalue weighted by molar-refractivity contribution is 5.72. The molecule has 0 amide bonds. The van der Waals surface area contributed by atoms with E-state index in [1.807, 2.05) is 0 Å². The monoisotopic (exact) mass is 284 g/mol. The first kappa shape index (κ1) is 13.2. The van der Waals surface area contributed by atoms with Gasteiger partial charge < -0.3 is 10.7 Å². The summed E-state index contributed by atoms with van der Waals surface area (Å²) in [7, 11) is 0. The molecule has 0 atom stereocenters. The molecule has 4 nitrogen and oxygen atoms in total. The minimum Gasteiger partial charge on any atom is -0.384 e. The van der Waals surface area contributed by atoms with Crippen LogP contribution in [0.3, 0.4) is 0 Å². The van der Waals surface area contributed by atoms with E-state index in [9.17, 15) is 13.2 Å². The van der Waals surface area contributed by atoms with Gasteiger partial charge in [-0.3, -0.25) is 0 Å². The summed E-state index contributed by atoms with van der Waals surface area (Å²) in [5.74, 6) is -0.0176. The molecule has 2 heterocycles. The van der Waals surface area contributed by atoms with E-state index in [1.54, 1.807) is 12.1 Å². The van der Waals surface area contributed by atoms with Gasteiger partial charge >= 0.3 is 6.18 Å². The minimum atomic E-state index is -4.07. The zero-order valence-corrected chi connectivity index (χ0v) is 10.7. The van der Waals surface area contributed by atoms with Gasteiger partial charge in [-0.25, -0.2) is 9.97 Å². The summed E-state index contributed by atoms with van der Waals surface area (Å²) in [6.07, 6.45) is -2.74. The Hall–Kier alpha value is -1.79. The third kappa shape index (κ3) is 2.44. The van der Waals surface area contributed by atoms with Crippen LogP contribution in [0.5, 0.6) is 0 Å². The van der Waals surface area contributed by atoms with Crippen LogP contribution in [-0.4, -0.2) is 21.1 Å². The van der Waals surface area contributed by atoms with Crippen molar-refractivity contribution in [3.63, 3.8) is 0 Å². The maximum absolute atomic E-state index is 12.6. The molecule has 3 rings (SSSR count). The van der Waals surface area contributed by atoms with Crippen LogP contribution in [-0.2, 0) is 0 Å². The number of anilines is 1. The van der Waals surface area contributed by atoms with E-state index in [2.05, 4.69) is 15.0 Å². The van der Waals surface area contributed by atoms with Crippen molar-refractivity contribution in [2.24, 2.45) is 5.92 Å². The van der Waals surface area contributed by atoms with Crippen molar-refractivity contribution in [1.82, 2.24) is 15.0 Å². The number of hydrogen-bond donors (Lipinski definition) is 2. The lowest BCUT2D eigenvalue weighted by Crippen LogP contribution is -2.27. The van der Waals surface area contributed by atoms with Gasteiger partial charge in [0.1, 0.15) is 11.6 Å².